The van der Waals surface area contributed by atoms with Crippen molar-refractivity contribution in [3.05, 3.63) is 33.8 Å². The molecule has 4 aliphatic rings. The van der Waals surface area contributed by atoms with Crippen LogP contribution in [0.25, 0.3) is 0 Å². The van der Waals surface area contributed by atoms with E-state index in [9.17, 15) is 0 Å². The summed E-state index contributed by atoms with van der Waals surface area (Å²) in [6, 6.07) is 4.11. The molecule has 0 spiro atoms. The molecule has 1 heterocycles. The van der Waals surface area contributed by atoms with Gasteiger partial charge in [0.2, 0.25) is 0 Å². The number of morpholine rings is 1. The first-order valence-corrected chi connectivity index (χ1v) is 12.8. The van der Waals surface area contributed by atoms with E-state index in [-0.39, 0.29) is 0 Å². The maximum atomic E-state index is 6.19. The van der Waals surface area contributed by atoms with Gasteiger partial charge >= 0.3 is 0 Å². The van der Waals surface area contributed by atoms with Crippen LogP contribution in [0, 0.1) is 17.3 Å². The fourth-order valence-electron chi connectivity index (χ4n) is 5.88. The summed E-state index contributed by atoms with van der Waals surface area (Å²) in [5.41, 5.74) is 3.38. The van der Waals surface area contributed by atoms with Crippen LogP contribution in [0.2, 0.25) is 0 Å². The lowest BCUT2D eigenvalue weighted by atomic mass is 9.48. The highest BCUT2D eigenvalue weighted by atomic mass is 79.9. The Hall–Kier alpha value is -1.08. The van der Waals surface area contributed by atoms with Crippen molar-refractivity contribution in [2.45, 2.75) is 39.7 Å². The van der Waals surface area contributed by atoms with E-state index in [1.807, 2.05) is 6.07 Å². The van der Waals surface area contributed by atoms with Crippen molar-refractivity contribution >= 4 is 15.9 Å². The molecule has 3 aliphatic carbocycles. The largest absolute Gasteiger partial charge is 0.493 e. The lowest BCUT2D eigenvalue weighted by Crippen LogP contribution is -2.56. The molecule has 1 aromatic carbocycles. The summed E-state index contributed by atoms with van der Waals surface area (Å²) in [6.45, 7) is 12.0. The van der Waals surface area contributed by atoms with Gasteiger partial charge in [-0.1, -0.05) is 41.4 Å². The van der Waals surface area contributed by atoms with Crippen molar-refractivity contribution in [3.8, 4) is 11.5 Å². The Bertz CT molecular complexity index is 831. The van der Waals surface area contributed by atoms with Gasteiger partial charge in [-0.2, -0.15) is 0 Å². The van der Waals surface area contributed by atoms with Gasteiger partial charge in [0.25, 0.3) is 0 Å². The van der Waals surface area contributed by atoms with E-state index in [0.29, 0.717) is 5.41 Å². The fraction of sp³-hybridized carbons (Fsp3) is 0.692. The van der Waals surface area contributed by atoms with E-state index in [1.165, 1.54) is 18.4 Å². The van der Waals surface area contributed by atoms with Crippen molar-refractivity contribution < 1.29 is 23.4 Å². The van der Waals surface area contributed by atoms with Crippen molar-refractivity contribution in [3.63, 3.8) is 0 Å². The molecule has 1 saturated heterocycles. The quantitative estimate of drug-likeness (QED) is 0.247. The predicted molar refractivity (Wildman–Crippen MR) is 130 cm³/mol. The van der Waals surface area contributed by atoms with Gasteiger partial charge in [0.05, 0.1) is 40.6 Å². The average Bonchev–Trinajstić information content (AvgIpc) is 2.80. The molecular formula is C26H39BrNO4+. The van der Waals surface area contributed by atoms with Gasteiger partial charge in [-0.25, -0.2) is 0 Å². The van der Waals surface area contributed by atoms with Gasteiger partial charge in [0.1, 0.15) is 26.2 Å². The van der Waals surface area contributed by atoms with E-state index in [1.54, 1.807) is 19.8 Å². The molecule has 1 saturated carbocycles. The second-order valence-corrected chi connectivity index (χ2v) is 11.1. The number of halogens is 1. The Morgan fingerprint density at radius 3 is 2.47 bits per heavy atom. The van der Waals surface area contributed by atoms with Gasteiger partial charge < -0.3 is 23.4 Å². The summed E-state index contributed by atoms with van der Waals surface area (Å²) in [5.74, 6) is 3.21. The van der Waals surface area contributed by atoms with Crippen molar-refractivity contribution in [1.29, 1.82) is 0 Å². The summed E-state index contributed by atoms with van der Waals surface area (Å²) in [5, 5.41) is 0. The minimum atomic E-state index is 0.500. The second-order valence-electron chi connectivity index (χ2n) is 10.3. The highest BCUT2D eigenvalue weighted by Crippen LogP contribution is 2.59. The van der Waals surface area contributed by atoms with Crippen molar-refractivity contribution in [2.75, 3.05) is 60.3 Å². The van der Waals surface area contributed by atoms with E-state index in [4.69, 9.17) is 18.9 Å². The summed E-state index contributed by atoms with van der Waals surface area (Å²) < 4.78 is 24.9. The first-order valence-electron chi connectivity index (χ1n) is 12.0. The third kappa shape index (κ3) is 4.89. The summed E-state index contributed by atoms with van der Waals surface area (Å²) in [4.78, 5) is 0. The van der Waals surface area contributed by atoms with Gasteiger partial charge in [0.15, 0.2) is 11.5 Å². The first-order chi connectivity index (χ1) is 15.4. The van der Waals surface area contributed by atoms with Crippen LogP contribution in [0.3, 0.4) is 0 Å². The molecule has 5 nitrogen and oxygen atoms in total. The number of hydrogen-bond acceptors (Lipinski definition) is 4. The van der Waals surface area contributed by atoms with Gasteiger partial charge in [-0.3, -0.25) is 0 Å². The third-order valence-corrected chi connectivity index (χ3v) is 9.04. The van der Waals surface area contributed by atoms with Crippen LogP contribution in [-0.2, 0) is 16.0 Å². The first kappa shape index (κ1) is 24.1. The molecule has 2 atom stereocenters. The van der Waals surface area contributed by atoms with E-state index in [0.717, 1.165) is 91.3 Å². The standard InChI is InChI=1S/C26H39BrNO4/c1-26(2)21-6-5-19(22(26)16-21)7-11-31-12-8-28(9-13-32-14-10-28)18-20-15-24(29-3)25(30-4)17-23(20)27/h5,15,17,21-22H,6-14,16,18H2,1-4H3/q+1/t21-,22-/m1/s1. The van der Waals surface area contributed by atoms with Gasteiger partial charge in [-0.05, 0) is 48.6 Å². The highest BCUT2D eigenvalue weighted by molar-refractivity contribution is 9.10. The number of allylic oxidation sites excluding steroid dienone is 1. The highest BCUT2D eigenvalue weighted by Gasteiger charge is 2.50. The Balaban J connectivity index is 1.33. The summed E-state index contributed by atoms with van der Waals surface area (Å²) in [7, 11) is 3.36. The number of fused-ring (bicyclic) bond motifs is 1. The van der Waals surface area contributed by atoms with Crippen molar-refractivity contribution in [2.24, 2.45) is 17.3 Å². The minimum Gasteiger partial charge on any atom is -0.493 e. The third-order valence-electron chi connectivity index (χ3n) is 8.31. The molecule has 0 aromatic heterocycles. The number of quaternary nitrogens is 1. The normalized spacial score (nSPS) is 25.6. The van der Waals surface area contributed by atoms with Crippen LogP contribution < -0.4 is 9.47 Å². The van der Waals surface area contributed by atoms with Crippen LogP contribution in [0.15, 0.2) is 28.3 Å². The molecular weight excluding hydrogens is 470 g/mol. The maximum Gasteiger partial charge on any atom is 0.161 e. The van der Waals surface area contributed by atoms with Crippen LogP contribution in [0.1, 0.15) is 38.7 Å². The molecule has 0 radical (unpaired) electrons. The van der Waals surface area contributed by atoms with E-state index in [2.05, 4.69) is 41.9 Å². The van der Waals surface area contributed by atoms with Crippen LogP contribution in [0.5, 0.6) is 11.5 Å². The second kappa shape index (κ2) is 10.0. The molecule has 178 valence electrons. The Morgan fingerprint density at radius 2 is 1.81 bits per heavy atom. The van der Waals surface area contributed by atoms with Gasteiger partial charge in [-0.15, -0.1) is 0 Å². The molecule has 32 heavy (non-hydrogen) atoms. The summed E-state index contributed by atoms with van der Waals surface area (Å²) >= 11 is 3.74. The SMILES string of the molecule is COc1cc(Br)c(C[N+]2(CCOCCC3=CC[C@@H]4C[C@H]3C4(C)C)CCOCC2)cc1OC. The van der Waals surface area contributed by atoms with Crippen LogP contribution in [0.4, 0.5) is 0 Å². The number of rotatable bonds is 10. The smallest absolute Gasteiger partial charge is 0.161 e. The molecule has 0 amide bonds. The topological polar surface area (TPSA) is 36.9 Å². The van der Waals surface area contributed by atoms with Crippen LogP contribution >= 0.6 is 15.9 Å². The molecule has 2 fully saturated rings. The van der Waals surface area contributed by atoms with E-state index < -0.39 is 0 Å². The number of hydrogen-bond donors (Lipinski definition) is 0. The number of nitrogens with zero attached hydrogens (tertiary/aromatic N) is 1. The van der Waals surface area contributed by atoms with Gasteiger partial charge in [0, 0.05) is 10.0 Å². The number of benzene rings is 1. The molecule has 6 heteroatoms. The Morgan fingerprint density at radius 1 is 1.09 bits per heavy atom. The number of methoxy groups -OCH3 is 2. The molecule has 1 aromatic rings. The lowest BCUT2D eigenvalue weighted by molar-refractivity contribution is -0.947. The molecule has 0 unspecified atom stereocenters. The molecule has 0 N–H and O–H groups in total. The average molecular weight is 510 g/mol. The minimum absolute atomic E-state index is 0.500. The van der Waals surface area contributed by atoms with Crippen molar-refractivity contribution in [1.82, 2.24) is 0 Å². The molecule has 1 aliphatic heterocycles. The van der Waals surface area contributed by atoms with E-state index >= 15 is 0 Å². The zero-order chi connectivity index (χ0) is 22.8. The zero-order valence-corrected chi connectivity index (χ0v) is 21.7. The predicted octanol–water partition coefficient (Wildman–Crippen LogP) is 5.21. The van der Waals surface area contributed by atoms with Crippen LogP contribution in [-0.4, -0.2) is 64.8 Å². The fourth-order valence-corrected chi connectivity index (χ4v) is 6.33. The Kier molecular flexibility index (Phi) is 7.55. The monoisotopic (exact) mass is 508 g/mol. The Labute approximate surface area is 201 Å². The summed E-state index contributed by atoms with van der Waals surface area (Å²) in [6.07, 6.45) is 6.24. The lowest BCUT2D eigenvalue weighted by Gasteiger charge is -2.56. The zero-order valence-electron chi connectivity index (χ0n) is 20.1. The number of ether oxygens (including phenoxy) is 4. The molecule has 5 rings (SSSR count). The molecule has 2 bridgehead atoms. The maximum absolute atomic E-state index is 6.19.